The van der Waals surface area contributed by atoms with E-state index in [9.17, 15) is 25.9 Å². The molecule has 0 bridgehead atoms. The Morgan fingerprint density at radius 3 is 1.19 bits per heavy atom. The molecule has 0 aliphatic carbocycles. The summed E-state index contributed by atoms with van der Waals surface area (Å²) in [5, 5.41) is 0. The maximum atomic E-state index is 11.8. The minimum atomic E-state index is -4.43. The van der Waals surface area contributed by atoms with Crippen molar-refractivity contribution in [2.75, 3.05) is 0 Å². The summed E-state index contributed by atoms with van der Waals surface area (Å²) in [5.74, 6) is 0. The molecule has 0 unspecified atom stereocenters. The van der Waals surface area contributed by atoms with Crippen LogP contribution in [0.15, 0.2) is 21.9 Å². The highest BCUT2D eigenvalue weighted by Crippen LogP contribution is 2.33. The van der Waals surface area contributed by atoms with E-state index in [4.69, 9.17) is 0 Å². The summed E-state index contributed by atoms with van der Waals surface area (Å²) >= 11 is 0. The lowest BCUT2D eigenvalue weighted by Gasteiger charge is -2.19. The topological polar surface area (TPSA) is 109 Å². The van der Waals surface area contributed by atoms with Crippen molar-refractivity contribution in [1.82, 2.24) is 0 Å². The standard InChI is InChI=1S/C19H22O6S2/c1-10-7-12(3)18(26(20,21)22)14(5)16(10)9-17-11(2)8-13(4)19(15(17)6)27(23,24)25/h7-8H,1-6H3,(H,20,21,22)(H,23,24,25). The fraction of sp³-hybridized carbons (Fsp3) is 0.316. The molecule has 0 aliphatic heterocycles. The second kappa shape index (κ2) is 7.01. The van der Waals surface area contributed by atoms with Gasteiger partial charge >= 0.3 is 0 Å². The van der Waals surface area contributed by atoms with Gasteiger partial charge in [0.1, 0.15) is 9.79 Å². The number of rotatable bonds is 4. The van der Waals surface area contributed by atoms with E-state index >= 15 is 0 Å². The third-order valence-electron chi connectivity index (χ3n) is 4.57. The summed E-state index contributed by atoms with van der Waals surface area (Å²) in [7, 11) is -8.86. The highest BCUT2D eigenvalue weighted by Gasteiger charge is 2.24. The second-order valence-corrected chi connectivity index (χ2v) is 9.47. The third kappa shape index (κ3) is 4.08. The van der Waals surface area contributed by atoms with Gasteiger partial charge in [-0.2, -0.15) is 16.8 Å². The van der Waals surface area contributed by atoms with Gasteiger partial charge < -0.3 is 0 Å². The van der Waals surface area contributed by atoms with Crippen LogP contribution < -0.4 is 0 Å². The molecule has 2 N–H and O–H groups in total. The van der Waals surface area contributed by atoms with E-state index in [-0.39, 0.29) is 9.79 Å². The molecule has 0 spiro atoms. The van der Waals surface area contributed by atoms with Gasteiger partial charge in [0.05, 0.1) is 6.42 Å². The third-order valence-corrected chi connectivity index (χ3v) is 6.86. The van der Waals surface area contributed by atoms with Crippen molar-refractivity contribution >= 4 is 20.2 Å². The number of benzene rings is 2. The molecule has 146 valence electrons. The van der Waals surface area contributed by atoms with Crippen molar-refractivity contribution in [2.45, 2.75) is 51.3 Å². The second-order valence-electron chi connectivity index (χ2n) is 6.75. The van der Waals surface area contributed by atoms with Gasteiger partial charge in [0.2, 0.25) is 0 Å². The molecule has 2 radical (unpaired) electrons. The van der Waals surface area contributed by atoms with Gasteiger partial charge in [-0.15, -0.1) is 0 Å². The van der Waals surface area contributed by atoms with Gasteiger partial charge in [0, 0.05) is 0 Å². The molecule has 27 heavy (non-hydrogen) atoms. The predicted molar refractivity (Wildman–Crippen MR) is 102 cm³/mol. The van der Waals surface area contributed by atoms with Crippen LogP contribution in [0.25, 0.3) is 0 Å². The maximum absolute atomic E-state index is 11.8. The zero-order valence-electron chi connectivity index (χ0n) is 16.0. The molecule has 8 heteroatoms. The summed E-state index contributed by atoms with van der Waals surface area (Å²) in [5.41, 5.74) is 3.82. The van der Waals surface area contributed by atoms with Gasteiger partial charge in [-0.25, -0.2) is 0 Å². The van der Waals surface area contributed by atoms with E-state index < -0.39 is 20.2 Å². The summed E-state index contributed by atoms with van der Waals surface area (Å²) in [4.78, 5) is -0.374. The van der Waals surface area contributed by atoms with Crippen LogP contribution in [0.2, 0.25) is 0 Å². The summed E-state index contributed by atoms with van der Waals surface area (Å²) < 4.78 is 66.2. The molecule has 0 saturated carbocycles. The first-order valence-electron chi connectivity index (χ1n) is 8.09. The van der Waals surface area contributed by atoms with Crippen LogP contribution in [-0.2, 0) is 20.2 Å². The molecule has 0 amide bonds. The van der Waals surface area contributed by atoms with Crippen molar-refractivity contribution in [3.8, 4) is 0 Å². The molecule has 0 fully saturated rings. The fourth-order valence-corrected chi connectivity index (χ4v) is 5.55. The monoisotopic (exact) mass is 410 g/mol. The van der Waals surface area contributed by atoms with E-state index in [1.165, 1.54) is 0 Å². The lowest BCUT2D eigenvalue weighted by Crippen LogP contribution is -2.10. The zero-order chi connectivity index (χ0) is 20.9. The highest BCUT2D eigenvalue weighted by molar-refractivity contribution is 7.86. The molecule has 0 heterocycles. The van der Waals surface area contributed by atoms with Crippen LogP contribution in [0, 0.1) is 48.0 Å². The lowest BCUT2D eigenvalue weighted by atomic mass is 9.89. The lowest BCUT2D eigenvalue weighted by molar-refractivity contribution is 0.479. The molecular weight excluding hydrogens is 388 g/mol. The Balaban J connectivity index is 2.80. The zero-order valence-corrected chi connectivity index (χ0v) is 17.6. The van der Waals surface area contributed by atoms with Gasteiger partial charge in [-0.3, -0.25) is 9.11 Å². The minimum Gasteiger partial charge on any atom is -0.282 e. The molecule has 0 aliphatic rings. The molecule has 0 atom stereocenters. The Hall–Kier alpha value is -1.74. The normalized spacial score (nSPS) is 12.4. The SMILES string of the molecule is Cc1cc(C)c(S(=O)(=O)O)c(C)c1[C]c1c(C)cc(C)c(S(=O)(=O)O)c1C. The maximum Gasteiger partial charge on any atom is 0.295 e. The predicted octanol–water partition coefficient (Wildman–Crippen LogP) is 3.51. The quantitative estimate of drug-likeness (QED) is 0.747. The Labute approximate surface area is 160 Å². The average Bonchev–Trinajstić information content (AvgIpc) is 2.41. The van der Waals surface area contributed by atoms with E-state index in [0.717, 1.165) is 11.1 Å². The van der Waals surface area contributed by atoms with Gasteiger partial charge in [0.15, 0.2) is 0 Å². The Morgan fingerprint density at radius 1 is 0.630 bits per heavy atom. The van der Waals surface area contributed by atoms with Crippen molar-refractivity contribution in [3.05, 3.63) is 63.1 Å². The van der Waals surface area contributed by atoms with Crippen LogP contribution >= 0.6 is 0 Å². The first-order chi connectivity index (χ1) is 12.2. The molecule has 0 aromatic heterocycles. The Morgan fingerprint density at radius 2 is 0.926 bits per heavy atom. The first-order valence-corrected chi connectivity index (χ1v) is 11.0. The number of hydrogen-bond donors (Lipinski definition) is 2. The van der Waals surface area contributed by atoms with Gasteiger partial charge in [-0.05, 0) is 86.1 Å². The smallest absolute Gasteiger partial charge is 0.282 e. The summed E-state index contributed by atoms with van der Waals surface area (Å²) in [6.45, 7) is 9.86. The van der Waals surface area contributed by atoms with E-state index in [2.05, 4.69) is 6.42 Å². The van der Waals surface area contributed by atoms with Crippen LogP contribution in [0.4, 0.5) is 0 Å². The van der Waals surface area contributed by atoms with Gasteiger partial charge in [0.25, 0.3) is 20.2 Å². The van der Waals surface area contributed by atoms with E-state index in [1.807, 2.05) is 0 Å². The minimum absolute atomic E-state index is 0.187. The van der Waals surface area contributed by atoms with Crippen LogP contribution in [0.3, 0.4) is 0 Å². The van der Waals surface area contributed by atoms with Crippen LogP contribution in [0.1, 0.15) is 44.5 Å². The van der Waals surface area contributed by atoms with Crippen molar-refractivity contribution in [1.29, 1.82) is 0 Å². The van der Waals surface area contributed by atoms with E-state index in [1.54, 1.807) is 53.7 Å². The molecule has 0 saturated heterocycles. The Bertz CT molecular complexity index is 1050. The molecule has 2 aromatic rings. The van der Waals surface area contributed by atoms with Crippen LogP contribution in [0.5, 0.6) is 0 Å². The van der Waals surface area contributed by atoms with Crippen molar-refractivity contribution in [3.63, 3.8) is 0 Å². The number of aryl methyl sites for hydroxylation is 4. The first kappa shape index (κ1) is 21.6. The molecule has 6 nitrogen and oxygen atoms in total. The molecule has 2 rings (SSSR count). The highest BCUT2D eigenvalue weighted by atomic mass is 32.2. The van der Waals surface area contributed by atoms with E-state index in [0.29, 0.717) is 33.4 Å². The summed E-state index contributed by atoms with van der Waals surface area (Å²) in [6.07, 6.45) is 3.11. The fourth-order valence-electron chi connectivity index (χ4n) is 3.64. The summed E-state index contributed by atoms with van der Waals surface area (Å²) in [6, 6.07) is 3.25. The van der Waals surface area contributed by atoms with Crippen LogP contribution in [-0.4, -0.2) is 25.9 Å². The largest absolute Gasteiger partial charge is 0.295 e. The van der Waals surface area contributed by atoms with Gasteiger partial charge in [-0.1, -0.05) is 12.1 Å². The molecule has 2 aromatic carbocycles. The molecular formula is C19H22O6S2. The Kier molecular flexibility index (Phi) is 5.60. The van der Waals surface area contributed by atoms with Crippen molar-refractivity contribution < 1.29 is 25.9 Å². The average molecular weight is 411 g/mol. The number of hydrogen-bond acceptors (Lipinski definition) is 4. The van der Waals surface area contributed by atoms with Crippen molar-refractivity contribution in [2.24, 2.45) is 0 Å².